The number of amides is 1. The van der Waals surface area contributed by atoms with E-state index in [9.17, 15) is 13.6 Å². The minimum absolute atomic E-state index is 0.0200. The lowest BCUT2D eigenvalue weighted by Crippen LogP contribution is -2.26. The Hall–Kier alpha value is -2.96. The lowest BCUT2D eigenvalue weighted by atomic mass is 10.2. The Morgan fingerprint density at radius 2 is 1.83 bits per heavy atom. The number of hydrogen-bond acceptors (Lipinski definition) is 4. The van der Waals surface area contributed by atoms with E-state index >= 15 is 0 Å². The highest BCUT2D eigenvalue weighted by Gasteiger charge is 2.07. The van der Waals surface area contributed by atoms with Gasteiger partial charge in [-0.1, -0.05) is 47.6 Å². The fraction of sp³-hybridized carbons (Fsp3) is 0.176. The van der Waals surface area contributed by atoms with Crippen LogP contribution in [0.5, 0.6) is 5.75 Å². The van der Waals surface area contributed by atoms with Crippen LogP contribution in [0.2, 0.25) is 0 Å². The zero-order valence-electron chi connectivity index (χ0n) is 12.7. The largest absolute Gasteiger partial charge is 0.434 e. The summed E-state index contributed by atoms with van der Waals surface area (Å²) in [6, 6.07) is 15.6. The van der Waals surface area contributed by atoms with E-state index in [-0.39, 0.29) is 18.3 Å². The molecule has 1 amide bonds. The molecule has 126 valence electrons. The molecule has 0 atom stereocenters. The molecule has 0 aliphatic heterocycles. The van der Waals surface area contributed by atoms with E-state index in [1.165, 1.54) is 12.3 Å². The maximum Gasteiger partial charge on any atom is 0.387 e. The number of nitrogens with one attached hydrogen (secondary N) is 1. The van der Waals surface area contributed by atoms with Gasteiger partial charge in [0.25, 0.3) is 5.91 Å². The zero-order chi connectivity index (χ0) is 17.2. The highest BCUT2D eigenvalue weighted by atomic mass is 19.3. The quantitative estimate of drug-likeness (QED) is 0.596. The first-order chi connectivity index (χ1) is 11.6. The van der Waals surface area contributed by atoms with Gasteiger partial charge in [0.05, 0.1) is 6.21 Å². The summed E-state index contributed by atoms with van der Waals surface area (Å²) >= 11 is 0. The molecule has 2 aromatic rings. The van der Waals surface area contributed by atoms with Crippen LogP contribution in [0.3, 0.4) is 0 Å². The van der Waals surface area contributed by atoms with Gasteiger partial charge < -0.3 is 14.9 Å². The van der Waals surface area contributed by atoms with E-state index in [0.29, 0.717) is 12.1 Å². The minimum atomic E-state index is -2.93. The van der Waals surface area contributed by atoms with Gasteiger partial charge in [-0.15, -0.1) is 0 Å². The molecule has 0 saturated heterocycles. The van der Waals surface area contributed by atoms with E-state index in [1.807, 2.05) is 30.3 Å². The van der Waals surface area contributed by atoms with Crippen molar-refractivity contribution in [3.8, 4) is 5.75 Å². The van der Waals surface area contributed by atoms with E-state index in [2.05, 4.69) is 15.2 Å². The van der Waals surface area contributed by atoms with Gasteiger partial charge in [0.2, 0.25) is 0 Å². The van der Waals surface area contributed by atoms with Crippen molar-refractivity contribution in [3.63, 3.8) is 0 Å². The summed E-state index contributed by atoms with van der Waals surface area (Å²) in [7, 11) is 0. The number of para-hydroxylation sites is 1. The summed E-state index contributed by atoms with van der Waals surface area (Å²) in [6.45, 7) is -2.82. The van der Waals surface area contributed by atoms with E-state index in [0.717, 1.165) is 5.56 Å². The molecule has 24 heavy (non-hydrogen) atoms. The molecule has 0 bridgehead atoms. The molecular formula is C17H16F2N2O3. The SMILES string of the molecule is O=C(CO/N=C\c1ccccc1OC(F)F)NCc1ccccc1. The van der Waals surface area contributed by atoms with E-state index in [1.54, 1.807) is 18.2 Å². The van der Waals surface area contributed by atoms with Gasteiger partial charge in [0.1, 0.15) is 5.75 Å². The molecule has 2 aromatic carbocycles. The number of carbonyl (C=O) groups excluding carboxylic acids is 1. The second-order valence-corrected chi connectivity index (χ2v) is 4.69. The number of rotatable bonds is 8. The van der Waals surface area contributed by atoms with E-state index < -0.39 is 6.61 Å². The predicted octanol–water partition coefficient (Wildman–Crippen LogP) is 2.95. The first kappa shape index (κ1) is 17.4. The van der Waals surface area contributed by atoms with Gasteiger partial charge in [0, 0.05) is 12.1 Å². The van der Waals surface area contributed by atoms with Crippen LogP contribution in [0.15, 0.2) is 59.8 Å². The van der Waals surface area contributed by atoms with E-state index in [4.69, 9.17) is 4.84 Å². The standard InChI is InChI=1S/C17H16F2N2O3/c18-17(19)24-15-9-5-4-8-14(15)11-21-23-12-16(22)20-10-13-6-2-1-3-7-13/h1-9,11,17H,10,12H2,(H,20,22)/b21-11-. The smallest absolute Gasteiger partial charge is 0.387 e. The van der Waals surface area contributed by atoms with Gasteiger partial charge in [0.15, 0.2) is 6.61 Å². The summed E-state index contributed by atoms with van der Waals surface area (Å²) in [5, 5.41) is 6.27. The molecule has 0 fully saturated rings. The summed E-state index contributed by atoms with van der Waals surface area (Å²) < 4.78 is 28.9. The van der Waals surface area contributed by atoms with Crippen molar-refractivity contribution < 1.29 is 23.1 Å². The zero-order valence-corrected chi connectivity index (χ0v) is 12.7. The van der Waals surface area contributed by atoms with Gasteiger partial charge in [-0.2, -0.15) is 8.78 Å². The Kier molecular flexibility index (Phi) is 6.70. The molecule has 0 aliphatic carbocycles. The third-order valence-electron chi connectivity index (χ3n) is 2.93. The minimum Gasteiger partial charge on any atom is -0.434 e. The monoisotopic (exact) mass is 334 g/mol. The summed E-state index contributed by atoms with van der Waals surface area (Å²) in [5.41, 5.74) is 1.29. The molecule has 0 radical (unpaired) electrons. The van der Waals surface area contributed by atoms with Gasteiger partial charge in [-0.25, -0.2) is 0 Å². The topological polar surface area (TPSA) is 59.9 Å². The number of benzene rings is 2. The van der Waals surface area contributed by atoms with Gasteiger partial charge in [-0.3, -0.25) is 4.79 Å². The Morgan fingerprint density at radius 3 is 2.58 bits per heavy atom. The second-order valence-electron chi connectivity index (χ2n) is 4.69. The average Bonchev–Trinajstić information content (AvgIpc) is 2.58. The maximum atomic E-state index is 12.3. The van der Waals surface area contributed by atoms with Crippen LogP contribution in [-0.4, -0.2) is 25.3 Å². The number of alkyl halides is 2. The molecule has 0 aliphatic rings. The average molecular weight is 334 g/mol. The Morgan fingerprint density at radius 1 is 1.12 bits per heavy atom. The van der Waals surface area contributed by atoms with Gasteiger partial charge in [-0.05, 0) is 17.7 Å². The normalized spacial score (nSPS) is 10.8. The molecule has 0 spiro atoms. The highest BCUT2D eigenvalue weighted by molar-refractivity contribution is 5.83. The lowest BCUT2D eigenvalue weighted by molar-refractivity contribution is -0.125. The van der Waals surface area contributed by atoms with Crippen molar-refractivity contribution >= 4 is 12.1 Å². The van der Waals surface area contributed by atoms with Crippen molar-refractivity contribution in [2.75, 3.05) is 6.61 Å². The van der Waals surface area contributed by atoms with Crippen LogP contribution in [0.25, 0.3) is 0 Å². The van der Waals surface area contributed by atoms with Crippen LogP contribution >= 0.6 is 0 Å². The first-order valence-corrected chi connectivity index (χ1v) is 7.15. The van der Waals surface area contributed by atoms with Crippen molar-refractivity contribution in [1.29, 1.82) is 0 Å². The van der Waals surface area contributed by atoms with Crippen LogP contribution < -0.4 is 10.1 Å². The molecule has 2 rings (SSSR count). The molecule has 0 heterocycles. The number of halogens is 2. The number of carbonyl (C=O) groups is 1. The molecule has 0 aromatic heterocycles. The van der Waals surface area contributed by atoms with Crippen molar-refractivity contribution in [2.24, 2.45) is 5.16 Å². The van der Waals surface area contributed by atoms with Gasteiger partial charge >= 0.3 is 6.61 Å². The molecule has 5 nitrogen and oxygen atoms in total. The van der Waals surface area contributed by atoms with Crippen LogP contribution in [0, 0.1) is 0 Å². The van der Waals surface area contributed by atoms with Crippen LogP contribution in [0.1, 0.15) is 11.1 Å². The summed E-state index contributed by atoms with van der Waals surface area (Å²) in [6.07, 6.45) is 1.21. The summed E-state index contributed by atoms with van der Waals surface area (Å²) in [4.78, 5) is 16.5. The maximum absolute atomic E-state index is 12.3. The third-order valence-corrected chi connectivity index (χ3v) is 2.93. The predicted molar refractivity (Wildman–Crippen MR) is 84.9 cm³/mol. The Balaban J connectivity index is 1.77. The van der Waals surface area contributed by atoms with Crippen molar-refractivity contribution in [2.45, 2.75) is 13.2 Å². The molecule has 0 saturated carbocycles. The highest BCUT2D eigenvalue weighted by Crippen LogP contribution is 2.18. The number of oxime groups is 1. The fourth-order valence-corrected chi connectivity index (χ4v) is 1.83. The van der Waals surface area contributed by atoms with Crippen LogP contribution in [-0.2, 0) is 16.2 Å². The summed E-state index contributed by atoms with van der Waals surface area (Å²) in [5.74, 6) is -0.360. The second kappa shape index (κ2) is 9.24. The number of nitrogens with zero attached hydrogens (tertiary/aromatic N) is 1. The third kappa shape index (κ3) is 6.04. The number of ether oxygens (including phenoxy) is 1. The molecular weight excluding hydrogens is 318 g/mol. The van der Waals surface area contributed by atoms with Crippen molar-refractivity contribution in [1.82, 2.24) is 5.32 Å². The molecule has 7 heteroatoms. The van der Waals surface area contributed by atoms with Crippen molar-refractivity contribution in [3.05, 3.63) is 65.7 Å². The Labute approximate surface area is 137 Å². The van der Waals surface area contributed by atoms with Crippen LogP contribution in [0.4, 0.5) is 8.78 Å². The lowest BCUT2D eigenvalue weighted by Gasteiger charge is -2.07. The fourth-order valence-electron chi connectivity index (χ4n) is 1.83. The number of hydrogen-bond donors (Lipinski definition) is 1. The first-order valence-electron chi connectivity index (χ1n) is 7.15. The molecule has 0 unspecified atom stereocenters. The Bertz CT molecular complexity index is 679. The molecule has 1 N–H and O–H groups in total.